The smallest absolute Gasteiger partial charge is 0.248 e. The van der Waals surface area contributed by atoms with Gasteiger partial charge in [0.05, 0.1) is 16.0 Å². The first kappa shape index (κ1) is 16.5. The number of nitrogens with zero attached hydrogens (tertiary/aromatic N) is 1. The van der Waals surface area contributed by atoms with E-state index in [9.17, 15) is 9.59 Å². The largest absolute Gasteiger partial charge is 0.366 e. The van der Waals surface area contributed by atoms with Crippen molar-refractivity contribution < 1.29 is 9.59 Å². The molecule has 1 heterocycles. The van der Waals surface area contributed by atoms with Crippen molar-refractivity contribution in [3.8, 4) is 0 Å². The van der Waals surface area contributed by atoms with Gasteiger partial charge < -0.3 is 11.1 Å². The second kappa shape index (κ2) is 7.46. The van der Waals surface area contributed by atoms with Gasteiger partial charge in [0, 0.05) is 17.0 Å². The Bertz CT molecular complexity index is 859. The molecule has 1 aromatic heterocycles. The molecule has 7 heteroatoms. The molecule has 2 aromatic carbocycles. The van der Waals surface area contributed by atoms with E-state index in [-0.39, 0.29) is 5.91 Å². The molecule has 122 valence electrons. The quantitative estimate of drug-likeness (QED) is 0.709. The Labute approximate surface area is 147 Å². The fourth-order valence-electron chi connectivity index (χ4n) is 2.16. The molecule has 3 aromatic rings. The average molecular weight is 357 g/mol. The van der Waals surface area contributed by atoms with E-state index in [1.165, 1.54) is 11.8 Å². The lowest BCUT2D eigenvalue weighted by Gasteiger charge is -2.05. The SMILES string of the molecule is NC(=O)c1cccc(NC(=O)CSCc2nc3ccccc3s2)c1. The molecule has 2 amide bonds. The Morgan fingerprint density at radius 3 is 2.79 bits per heavy atom. The van der Waals surface area contributed by atoms with Gasteiger partial charge in [-0.05, 0) is 30.3 Å². The number of para-hydroxylation sites is 1. The third-order valence-electron chi connectivity index (χ3n) is 3.23. The number of amides is 2. The number of thioether (sulfide) groups is 1. The van der Waals surface area contributed by atoms with E-state index >= 15 is 0 Å². The first-order chi connectivity index (χ1) is 11.6. The second-order valence-corrected chi connectivity index (χ2v) is 7.16. The van der Waals surface area contributed by atoms with Gasteiger partial charge in [-0.1, -0.05) is 18.2 Å². The van der Waals surface area contributed by atoms with E-state index in [0.29, 0.717) is 22.8 Å². The van der Waals surface area contributed by atoms with Gasteiger partial charge in [0.2, 0.25) is 11.8 Å². The van der Waals surface area contributed by atoms with Gasteiger partial charge in [-0.25, -0.2) is 4.98 Å². The minimum absolute atomic E-state index is 0.122. The minimum atomic E-state index is -0.517. The summed E-state index contributed by atoms with van der Waals surface area (Å²) >= 11 is 3.15. The van der Waals surface area contributed by atoms with Crippen molar-refractivity contribution >= 4 is 50.8 Å². The van der Waals surface area contributed by atoms with Crippen LogP contribution >= 0.6 is 23.1 Å². The van der Waals surface area contributed by atoms with Gasteiger partial charge in [-0.3, -0.25) is 9.59 Å². The van der Waals surface area contributed by atoms with Crippen LogP contribution in [0.4, 0.5) is 5.69 Å². The molecule has 5 nitrogen and oxygen atoms in total. The molecule has 0 fully saturated rings. The first-order valence-electron chi connectivity index (χ1n) is 7.24. The number of hydrogen-bond donors (Lipinski definition) is 2. The van der Waals surface area contributed by atoms with Crippen LogP contribution in [-0.2, 0) is 10.5 Å². The third-order valence-corrected chi connectivity index (χ3v) is 5.39. The van der Waals surface area contributed by atoms with Crippen molar-refractivity contribution in [3.05, 3.63) is 59.1 Å². The Hall–Kier alpha value is -2.38. The van der Waals surface area contributed by atoms with Crippen LogP contribution in [0.2, 0.25) is 0 Å². The molecule has 0 radical (unpaired) electrons. The van der Waals surface area contributed by atoms with Crippen molar-refractivity contribution in [2.45, 2.75) is 5.75 Å². The summed E-state index contributed by atoms with van der Waals surface area (Å²) < 4.78 is 1.15. The minimum Gasteiger partial charge on any atom is -0.366 e. The van der Waals surface area contributed by atoms with Gasteiger partial charge in [-0.15, -0.1) is 23.1 Å². The van der Waals surface area contributed by atoms with Crippen LogP contribution in [0.5, 0.6) is 0 Å². The highest BCUT2D eigenvalue weighted by atomic mass is 32.2. The van der Waals surface area contributed by atoms with Crippen LogP contribution in [0.3, 0.4) is 0 Å². The summed E-state index contributed by atoms with van der Waals surface area (Å²) in [5, 5.41) is 3.77. The molecule has 0 aliphatic rings. The lowest BCUT2D eigenvalue weighted by Crippen LogP contribution is -2.15. The normalized spacial score (nSPS) is 10.7. The summed E-state index contributed by atoms with van der Waals surface area (Å²) in [6, 6.07) is 14.6. The van der Waals surface area contributed by atoms with E-state index < -0.39 is 5.91 Å². The third kappa shape index (κ3) is 4.12. The molecule has 0 unspecified atom stereocenters. The molecule has 3 N–H and O–H groups in total. The summed E-state index contributed by atoms with van der Waals surface area (Å²) in [4.78, 5) is 27.7. The summed E-state index contributed by atoms with van der Waals surface area (Å²) in [5.74, 6) is 0.365. The highest BCUT2D eigenvalue weighted by Crippen LogP contribution is 2.24. The fourth-order valence-corrected chi connectivity index (χ4v) is 4.01. The number of aromatic nitrogens is 1. The highest BCUT2D eigenvalue weighted by molar-refractivity contribution is 7.99. The van der Waals surface area contributed by atoms with Crippen molar-refractivity contribution in [1.29, 1.82) is 0 Å². The van der Waals surface area contributed by atoms with E-state index in [4.69, 9.17) is 5.73 Å². The molecule has 0 aliphatic heterocycles. The van der Waals surface area contributed by atoms with Crippen LogP contribution in [-0.4, -0.2) is 22.6 Å². The van der Waals surface area contributed by atoms with Crippen molar-refractivity contribution in [3.63, 3.8) is 0 Å². The van der Waals surface area contributed by atoms with Crippen LogP contribution in [0.1, 0.15) is 15.4 Å². The summed E-state index contributed by atoms with van der Waals surface area (Å²) in [7, 11) is 0. The zero-order valence-electron chi connectivity index (χ0n) is 12.7. The van der Waals surface area contributed by atoms with Crippen molar-refractivity contribution in [2.75, 3.05) is 11.1 Å². The lowest BCUT2D eigenvalue weighted by atomic mass is 10.2. The summed E-state index contributed by atoms with van der Waals surface area (Å²) in [5.41, 5.74) is 7.16. The van der Waals surface area contributed by atoms with Crippen molar-refractivity contribution in [2.24, 2.45) is 5.73 Å². The number of carbonyl (C=O) groups excluding carboxylic acids is 2. The van der Waals surface area contributed by atoms with E-state index in [1.54, 1.807) is 35.6 Å². The maximum absolute atomic E-state index is 12.0. The molecule has 0 saturated heterocycles. The van der Waals surface area contributed by atoms with Gasteiger partial charge in [0.25, 0.3) is 0 Å². The fraction of sp³-hybridized carbons (Fsp3) is 0.118. The number of thiazole rings is 1. The van der Waals surface area contributed by atoms with Crippen LogP contribution in [0, 0.1) is 0 Å². The predicted octanol–water partition coefficient (Wildman–Crippen LogP) is 3.27. The summed E-state index contributed by atoms with van der Waals surface area (Å²) in [6.45, 7) is 0. The Balaban J connectivity index is 1.52. The second-order valence-electron chi connectivity index (χ2n) is 5.06. The Morgan fingerprint density at radius 2 is 2.00 bits per heavy atom. The topological polar surface area (TPSA) is 85.1 Å². The highest BCUT2D eigenvalue weighted by Gasteiger charge is 2.07. The predicted molar refractivity (Wildman–Crippen MR) is 99.4 cm³/mol. The molecular weight excluding hydrogens is 342 g/mol. The van der Waals surface area contributed by atoms with Crippen LogP contribution < -0.4 is 11.1 Å². The van der Waals surface area contributed by atoms with Crippen LogP contribution in [0.15, 0.2) is 48.5 Å². The van der Waals surface area contributed by atoms with E-state index in [2.05, 4.69) is 10.3 Å². The first-order valence-corrected chi connectivity index (χ1v) is 9.21. The number of benzene rings is 2. The average Bonchev–Trinajstić information content (AvgIpc) is 2.97. The molecule has 3 rings (SSSR count). The molecule has 0 saturated carbocycles. The Morgan fingerprint density at radius 1 is 1.17 bits per heavy atom. The number of rotatable bonds is 6. The van der Waals surface area contributed by atoms with Gasteiger partial charge >= 0.3 is 0 Å². The maximum atomic E-state index is 12.0. The monoisotopic (exact) mass is 357 g/mol. The molecule has 0 aliphatic carbocycles. The van der Waals surface area contributed by atoms with Gasteiger partial charge in [0.15, 0.2) is 0 Å². The van der Waals surface area contributed by atoms with Crippen LogP contribution in [0.25, 0.3) is 10.2 Å². The standard InChI is InChI=1S/C17H15N3O2S2/c18-17(22)11-4-3-5-12(8-11)19-15(21)9-23-10-16-20-13-6-1-2-7-14(13)24-16/h1-8H,9-10H2,(H2,18,22)(H,19,21). The van der Waals surface area contributed by atoms with Crippen molar-refractivity contribution in [1.82, 2.24) is 4.98 Å². The van der Waals surface area contributed by atoms with Gasteiger partial charge in [-0.2, -0.15) is 0 Å². The number of primary amides is 1. The van der Waals surface area contributed by atoms with E-state index in [1.807, 2.05) is 24.3 Å². The van der Waals surface area contributed by atoms with Gasteiger partial charge in [0.1, 0.15) is 5.01 Å². The maximum Gasteiger partial charge on any atom is 0.248 e. The number of carbonyl (C=O) groups is 2. The lowest BCUT2D eigenvalue weighted by molar-refractivity contribution is -0.113. The zero-order chi connectivity index (χ0) is 16.9. The molecule has 0 spiro atoms. The number of nitrogens with one attached hydrogen (secondary N) is 1. The number of hydrogen-bond acceptors (Lipinski definition) is 5. The zero-order valence-corrected chi connectivity index (χ0v) is 14.3. The number of nitrogens with two attached hydrogens (primary N) is 1. The molecule has 0 atom stereocenters. The Kier molecular flexibility index (Phi) is 5.12. The molecule has 0 bridgehead atoms. The molecular formula is C17H15N3O2S2. The number of fused-ring (bicyclic) bond motifs is 1. The van der Waals surface area contributed by atoms with E-state index in [0.717, 1.165) is 15.2 Å². The number of anilines is 1. The molecule has 24 heavy (non-hydrogen) atoms. The summed E-state index contributed by atoms with van der Waals surface area (Å²) in [6.07, 6.45) is 0.